The molecule has 3 atom stereocenters. The van der Waals surface area contributed by atoms with E-state index in [-0.39, 0.29) is 4.58 Å². The van der Waals surface area contributed by atoms with Gasteiger partial charge in [-0.25, -0.2) is 0 Å². The number of thioether (sulfide) groups is 1. The zero-order chi connectivity index (χ0) is 6.15. The summed E-state index contributed by atoms with van der Waals surface area (Å²) in [6.45, 7) is 0. The Morgan fingerprint density at radius 2 is 2.12 bits per heavy atom. The van der Waals surface area contributed by atoms with Crippen LogP contribution < -0.4 is 0 Å². The zero-order valence-corrected chi connectivity index (χ0v) is 5.90. The van der Waals surface area contributed by atoms with Gasteiger partial charge in [0.15, 0.2) is 0 Å². The smallest absolute Gasteiger partial charge is 0.101 e. The lowest BCUT2D eigenvalue weighted by molar-refractivity contribution is 0.0532. The molecule has 0 spiro atoms. The van der Waals surface area contributed by atoms with Crippen LogP contribution in [0, 0.1) is 0 Å². The molecule has 0 aromatic heterocycles. The summed E-state index contributed by atoms with van der Waals surface area (Å²) in [5.41, 5.74) is 0. The topological polar surface area (TPSA) is 40.5 Å². The summed E-state index contributed by atoms with van der Waals surface area (Å²) in [5, 5.41) is 17.8. The second-order valence-electron chi connectivity index (χ2n) is 1.78. The largest absolute Gasteiger partial charge is 0.389 e. The lowest BCUT2D eigenvalue weighted by Gasteiger charge is -2.07. The Kier molecular flexibility index (Phi) is 2.08. The van der Waals surface area contributed by atoms with Crippen molar-refractivity contribution in [3.8, 4) is 0 Å². The molecular formula is C4H8O2S2. The number of aliphatic hydroxyl groups is 2. The van der Waals surface area contributed by atoms with E-state index in [9.17, 15) is 0 Å². The van der Waals surface area contributed by atoms with Crippen LogP contribution in [0.2, 0.25) is 0 Å². The van der Waals surface area contributed by atoms with Gasteiger partial charge in [-0.1, -0.05) is 0 Å². The molecule has 1 fully saturated rings. The Balaban J connectivity index is 2.44. The minimum atomic E-state index is -0.636. The van der Waals surface area contributed by atoms with Crippen LogP contribution in [0.3, 0.4) is 0 Å². The molecule has 4 heteroatoms. The first-order chi connectivity index (χ1) is 3.72. The van der Waals surface area contributed by atoms with Crippen molar-refractivity contribution in [2.75, 3.05) is 5.75 Å². The van der Waals surface area contributed by atoms with Gasteiger partial charge in [0.2, 0.25) is 0 Å². The van der Waals surface area contributed by atoms with Crippen molar-refractivity contribution >= 4 is 24.4 Å². The van der Waals surface area contributed by atoms with Gasteiger partial charge < -0.3 is 10.2 Å². The van der Waals surface area contributed by atoms with E-state index in [2.05, 4.69) is 12.6 Å². The van der Waals surface area contributed by atoms with Crippen LogP contribution in [0.15, 0.2) is 0 Å². The minimum Gasteiger partial charge on any atom is -0.389 e. The summed E-state index contributed by atoms with van der Waals surface area (Å²) in [6.07, 6.45) is -1.20. The summed E-state index contributed by atoms with van der Waals surface area (Å²) in [5.74, 6) is 0.606. The fraction of sp³-hybridized carbons (Fsp3) is 1.00. The predicted molar refractivity (Wildman–Crippen MR) is 37.2 cm³/mol. The van der Waals surface area contributed by atoms with Crippen LogP contribution >= 0.6 is 24.4 Å². The van der Waals surface area contributed by atoms with Crippen LogP contribution in [0.25, 0.3) is 0 Å². The van der Waals surface area contributed by atoms with E-state index >= 15 is 0 Å². The van der Waals surface area contributed by atoms with Gasteiger partial charge in [0.1, 0.15) is 6.10 Å². The van der Waals surface area contributed by atoms with Gasteiger partial charge in [-0.3, -0.25) is 0 Å². The van der Waals surface area contributed by atoms with Crippen molar-refractivity contribution in [3.05, 3.63) is 0 Å². The summed E-state index contributed by atoms with van der Waals surface area (Å²) in [7, 11) is 0. The van der Waals surface area contributed by atoms with Gasteiger partial charge in [0.05, 0.1) is 10.7 Å². The van der Waals surface area contributed by atoms with Crippen LogP contribution in [-0.2, 0) is 0 Å². The molecule has 1 saturated heterocycles. The maximum Gasteiger partial charge on any atom is 0.101 e. The number of rotatable bonds is 0. The van der Waals surface area contributed by atoms with Crippen molar-refractivity contribution in [2.45, 2.75) is 16.8 Å². The number of hydrogen-bond acceptors (Lipinski definition) is 4. The highest BCUT2D eigenvalue weighted by Crippen LogP contribution is 2.29. The SMILES string of the molecule is O[C@H]1[C@H](O)CS[C@@H]1S. The average molecular weight is 152 g/mol. The van der Waals surface area contributed by atoms with Gasteiger partial charge in [0, 0.05) is 5.75 Å². The molecule has 1 heterocycles. The first-order valence-corrected chi connectivity index (χ1v) is 3.94. The Bertz CT molecular complexity index is 78.1. The standard InChI is InChI=1S/C4H8O2S2/c5-2-1-8-4(7)3(2)6/h2-7H,1H2/t2-,3+,4+/m1/s1. The molecule has 0 radical (unpaired) electrons. The van der Waals surface area contributed by atoms with E-state index in [1.807, 2.05) is 0 Å². The summed E-state index contributed by atoms with van der Waals surface area (Å²) in [6, 6.07) is 0. The van der Waals surface area contributed by atoms with Crippen molar-refractivity contribution < 1.29 is 10.2 Å². The Morgan fingerprint density at radius 1 is 1.50 bits per heavy atom. The van der Waals surface area contributed by atoms with E-state index in [4.69, 9.17) is 10.2 Å². The van der Waals surface area contributed by atoms with E-state index in [1.54, 1.807) is 0 Å². The molecule has 1 aliphatic heterocycles. The van der Waals surface area contributed by atoms with Crippen molar-refractivity contribution in [1.82, 2.24) is 0 Å². The molecule has 1 rings (SSSR count). The highest BCUT2D eigenvalue weighted by Gasteiger charge is 2.31. The van der Waals surface area contributed by atoms with E-state index in [0.29, 0.717) is 5.75 Å². The molecule has 1 aliphatic rings. The molecule has 0 aromatic rings. The zero-order valence-electron chi connectivity index (χ0n) is 4.19. The molecule has 0 saturated carbocycles. The maximum absolute atomic E-state index is 8.92. The molecule has 0 bridgehead atoms. The summed E-state index contributed by atoms with van der Waals surface area (Å²) < 4.78 is -0.0926. The maximum atomic E-state index is 8.92. The van der Waals surface area contributed by atoms with Crippen molar-refractivity contribution in [1.29, 1.82) is 0 Å². The molecule has 2 N–H and O–H groups in total. The number of aliphatic hydroxyl groups excluding tert-OH is 2. The second kappa shape index (κ2) is 2.47. The van der Waals surface area contributed by atoms with Crippen LogP contribution in [0.5, 0.6) is 0 Å². The Morgan fingerprint density at radius 3 is 2.25 bits per heavy atom. The van der Waals surface area contributed by atoms with Gasteiger partial charge in [0.25, 0.3) is 0 Å². The Hall–Kier alpha value is 0.620. The van der Waals surface area contributed by atoms with Crippen molar-refractivity contribution in [3.63, 3.8) is 0 Å². The molecular weight excluding hydrogens is 144 g/mol. The lowest BCUT2D eigenvalue weighted by Crippen LogP contribution is -2.26. The highest BCUT2D eigenvalue weighted by atomic mass is 32.2. The summed E-state index contributed by atoms with van der Waals surface area (Å²) in [4.78, 5) is 0. The van der Waals surface area contributed by atoms with Gasteiger partial charge in [-0.15, -0.1) is 11.8 Å². The monoisotopic (exact) mass is 152 g/mol. The average Bonchev–Trinajstić information content (AvgIpc) is 1.98. The fourth-order valence-corrected chi connectivity index (χ4v) is 2.01. The van der Waals surface area contributed by atoms with Crippen LogP contribution in [0.1, 0.15) is 0 Å². The first-order valence-electron chi connectivity index (χ1n) is 2.37. The number of hydrogen-bond donors (Lipinski definition) is 3. The molecule has 0 aromatic carbocycles. The van der Waals surface area contributed by atoms with Gasteiger partial charge in [-0.2, -0.15) is 12.6 Å². The highest BCUT2D eigenvalue weighted by molar-refractivity contribution is 8.10. The summed E-state index contributed by atoms with van der Waals surface area (Å²) >= 11 is 5.48. The molecule has 48 valence electrons. The molecule has 0 aliphatic carbocycles. The van der Waals surface area contributed by atoms with Gasteiger partial charge >= 0.3 is 0 Å². The molecule has 8 heavy (non-hydrogen) atoms. The van der Waals surface area contributed by atoms with Crippen LogP contribution in [0.4, 0.5) is 0 Å². The molecule has 2 nitrogen and oxygen atoms in total. The normalized spacial score (nSPS) is 47.6. The fourth-order valence-electron chi connectivity index (χ4n) is 0.584. The third-order valence-corrected chi connectivity index (χ3v) is 3.03. The van der Waals surface area contributed by atoms with Crippen molar-refractivity contribution in [2.24, 2.45) is 0 Å². The molecule has 0 unspecified atom stereocenters. The predicted octanol–water partition coefficient (Wildman–Crippen LogP) is -0.289. The van der Waals surface area contributed by atoms with Gasteiger partial charge in [-0.05, 0) is 0 Å². The minimum absolute atomic E-state index is 0.0926. The van der Waals surface area contributed by atoms with E-state index < -0.39 is 12.2 Å². The Labute approximate surface area is 57.7 Å². The van der Waals surface area contributed by atoms with E-state index in [1.165, 1.54) is 11.8 Å². The van der Waals surface area contributed by atoms with Crippen LogP contribution in [-0.4, -0.2) is 32.8 Å². The molecule has 0 amide bonds. The lowest BCUT2D eigenvalue weighted by atomic mass is 10.3. The second-order valence-corrected chi connectivity index (χ2v) is 3.86. The third kappa shape index (κ3) is 1.13. The quantitative estimate of drug-likeness (QED) is 0.418. The third-order valence-electron chi connectivity index (χ3n) is 1.12. The number of thiol groups is 1. The van der Waals surface area contributed by atoms with E-state index in [0.717, 1.165) is 0 Å². The first kappa shape index (κ1) is 6.74.